The number of hydrogen-bond acceptors (Lipinski definition) is 6. The summed E-state index contributed by atoms with van der Waals surface area (Å²) in [6.07, 6.45) is -0.200. The topological polar surface area (TPSA) is 105 Å². The number of para-hydroxylation sites is 1. The van der Waals surface area contributed by atoms with E-state index in [0.29, 0.717) is 17.1 Å². The first kappa shape index (κ1) is 24.4. The number of amidine groups is 1. The zero-order chi connectivity index (χ0) is 25.0. The number of amides is 2. The number of ether oxygens (including phenoxy) is 1. The maximum Gasteiger partial charge on any atom is 0.284 e. The predicted octanol–water partition coefficient (Wildman–Crippen LogP) is 4.06. The van der Waals surface area contributed by atoms with Gasteiger partial charge >= 0.3 is 0 Å². The molecule has 3 aromatic carbocycles. The Morgan fingerprint density at radius 2 is 1.71 bits per heavy atom. The van der Waals surface area contributed by atoms with Gasteiger partial charge in [-0.05, 0) is 60.7 Å². The molecule has 11 heteroatoms. The molecule has 35 heavy (non-hydrogen) atoms. The van der Waals surface area contributed by atoms with Crippen LogP contribution in [-0.4, -0.2) is 37.8 Å². The first-order chi connectivity index (χ1) is 16.8. The normalized spacial score (nSPS) is 17.0. The Morgan fingerprint density at radius 1 is 1.06 bits per heavy atom. The summed E-state index contributed by atoms with van der Waals surface area (Å²) >= 11 is 0.884. The zero-order valence-corrected chi connectivity index (χ0v) is 20.1. The van der Waals surface area contributed by atoms with Crippen LogP contribution in [0.3, 0.4) is 0 Å². The van der Waals surface area contributed by atoms with Crippen LogP contribution in [0.15, 0.2) is 88.2 Å². The average molecular weight is 514 g/mol. The number of nitrogens with zero attached hydrogens (tertiary/aromatic N) is 2. The van der Waals surface area contributed by atoms with E-state index in [1.54, 1.807) is 54.6 Å². The van der Waals surface area contributed by atoms with Crippen molar-refractivity contribution in [2.45, 2.75) is 16.6 Å². The van der Waals surface area contributed by atoms with Crippen LogP contribution in [-0.2, 0) is 19.6 Å². The van der Waals surface area contributed by atoms with E-state index in [-0.39, 0.29) is 16.5 Å². The first-order valence-corrected chi connectivity index (χ1v) is 12.7. The fourth-order valence-corrected chi connectivity index (χ4v) is 5.63. The van der Waals surface area contributed by atoms with Gasteiger partial charge in [0.15, 0.2) is 5.17 Å². The van der Waals surface area contributed by atoms with Gasteiger partial charge in [0.05, 0.1) is 17.7 Å². The first-order valence-electron chi connectivity index (χ1n) is 10.4. The summed E-state index contributed by atoms with van der Waals surface area (Å²) in [6.45, 7) is 0. The van der Waals surface area contributed by atoms with Crippen molar-refractivity contribution in [2.24, 2.45) is 4.40 Å². The zero-order valence-electron chi connectivity index (χ0n) is 18.4. The molecule has 180 valence electrons. The average Bonchev–Trinajstić information content (AvgIpc) is 3.13. The predicted molar refractivity (Wildman–Crippen MR) is 133 cm³/mol. The maximum absolute atomic E-state index is 13.2. The summed E-state index contributed by atoms with van der Waals surface area (Å²) in [5.41, 5.74) is 0.940. The van der Waals surface area contributed by atoms with E-state index in [4.69, 9.17) is 4.74 Å². The molecular weight excluding hydrogens is 493 g/mol. The summed E-state index contributed by atoms with van der Waals surface area (Å²) in [6, 6.07) is 19.4. The highest BCUT2D eigenvalue weighted by Gasteiger charge is 2.41. The van der Waals surface area contributed by atoms with E-state index in [1.807, 2.05) is 0 Å². The standard InChI is InChI=1S/C24H20FN3O5S2/c1-33-19-11-9-17(10-12-19)26-22(29)15-21-23(30)28(18-5-3-2-4-6-18)24(34-21)27-35(31,32)20-13-7-16(25)8-14-20/h2-14,21H,15H2,1H3,(H,26,29). The lowest BCUT2D eigenvalue weighted by Gasteiger charge is -2.16. The molecule has 1 aliphatic heterocycles. The largest absolute Gasteiger partial charge is 0.497 e. The van der Waals surface area contributed by atoms with Crippen molar-refractivity contribution in [2.75, 3.05) is 17.3 Å². The second-order valence-corrected chi connectivity index (χ2v) is 10.2. The number of halogens is 1. The Balaban J connectivity index is 1.59. The minimum absolute atomic E-state index is 0.0900. The van der Waals surface area contributed by atoms with Gasteiger partial charge < -0.3 is 10.1 Å². The number of benzene rings is 3. The second-order valence-electron chi connectivity index (χ2n) is 7.40. The Labute approximate surface area is 205 Å². The monoisotopic (exact) mass is 513 g/mol. The van der Waals surface area contributed by atoms with Crippen molar-refractivity contribution in [1.29, 1.82) is 0 Å². The fourth-order valence-electron chi connectivity index (χ4n) is 3.29. The SMILES string of the molecule is COc1ccc(NC(=O)CC2SC(=NS(=O)(=O)c3ccc(F)cc3)N(c3ccccc3)C2=O)cc1. The third kappa shape index (κ3) is 5.69. The Hall–Kier alpha value is -3.70. The molecule has 0 bridgehead atoms. The van der Waals surface area contributed by atoms with Crippen LogP contribution in [0.4, 0.5) is 15.8 Å². The Kier molecular flexibility index (Phi) is 7.17. The van der Waals surface area contributed by atoms with Gasteiger partial charge in [-0.2, -0.15) is 8.42 Å². The lowest BCUT2D eigenvalue weighted by Crippen LogP contribution is -2.33. The van der Waals surface area contributed by atoms with E-state index in [1.165, 1.54) is 12.0 Å². The van der Waals surface area contributed by atoms with Gasteiger partial charge in [0.2, 0.25) is 11.8 Å². The molecule has 1 heterocycles. The minimum atomic E-state index is -4.24. The summed E-state index contributed by atoms with van der Waals surface area (Å²) < 4.78 is 47.9. The highest BCUT2D eigenvalue weighted by molar-refractivity contribution is 8.16. The van der Waals surface area contributed by atoms with Crippen LogP contribution >= 0.6 is 11.8 Å². The summed E-state index contributed by atoms with van der Waals surface area (Å²) in [5, 5.41) is 1.73. The molecule has 1 saturated heterocycles. The Morgan fingerprint density at radius 3 is 2.34 bits per heavy atom. The highest BCUT2D eigenvalue weighted by Crippen LogP contribution is 2.35. The molecule has 1 aliphatic rings. The molecular formula is C24H20FN3O5S2. The molecule has 1 unspecified atom stereocenters. The third-order valence-corrected chi connectivity index (χ3v) is 7.54. The molecule has 8 nitrogen and oxygen atoms in total. The Bertz CT molecular complexity index is 1360. The van der Waals surface area contributed by atoms with E-state index in [0.717, 1.165) is 36.0 Å². The van der Waals surface area contributed by atoms with Crippen LogP contribution in [0.5, 0.6) is 5.75 Å². The third-order valence-electron chi connectivity index (χ3n) is 5.00. The van der Waals surface area contributed by atoms with Crippen molar-refractivity contribution >= 4 is 50.1 Å². The van der Waals surface area contributed by atoms with Crippen LogP contribution in [0.2, 0.25) is 0 Å². The van der Waals surface area contributed by atoms with Gasteiger partial charge in [0.25, 0.3) is 10.0 Å². The molecule has 1 fully saturated rings. The lowest BCUT2D eigenvalue weighted by molar-refractivity contribution is -0.121. The number of sulfonamides is 1. The number of carbonyl (C=O) groups is 2. The molecule has 1 N–H and O–H groups in total. The molecule has 2 amide bonds. The van der Waals surface area contributed by atoms with Gasteiger partial charge in [-0.15, -0.1) is 4.40 Å². The quantitative estimate of drug-likeness (QED) is 0.511. The van der Waals surface area contributed by atoms with Crippen LogP contribution in [0.25, 0.3) is 0 Å². The van der Waals surface area contributed by atoms with E-state index in [9.17, 15) is 22.4 Å². The van der Waals surface area contributed by atoms with Crippen LogP contribution < -0.4 is 15.0 Å². The molecule has 1 atom stereocenters. The smallest absolute Gasteiger partial charge is 0.284 e. The van der Waals surface area contributed by atoms with Crippen LogP contribution in [0.1, 0.15) is 6.42 Å². The van der Waals surface area contributed by atoms with Crippen molar-refractivity contribution in [3.05, 3.63) is 84.7 Å². The lowest BCUT2D eigenvalue weighted by atomic mass is 10.2. The second kappa shape index (κ2) is 10.3. The number of methoxy groups -OCH3 is 1. The molecule has 0 spiro atoms. The molecule has 0 radical (unpaired) electrons. The van der Waals surface area contributed by atoms with Gasteiger partial charge in [-0.25, -0.2) is 4.39 Å². The summed E-state index contributed by atoms with van der Waals surface area (Å²) in [5.74, 6) is -0.849. The number of anilines is 2. The number of rotatable bonds is 7. The number of thioether (sulfide) groups is 1. The molecule has 0 saturated carbocycles. The summed E-state index contributed by atoms with van der Waals surface area (Å²) in [7, 11) is -2.71. The van der Waals surface area contributed by atoms with Crippen molar-refractivity contribution in [1.82, 2.24) is 0 Å². The van der Waals surface area contributed by atoms with Crippen molar-refractivity contribution in [3.63, 3.8) is 0 Å². The van der Waals surface area contributed by atoms with E-state index in [2.05, 4.69) is 9.71 Å². The minimum Gasteiger partial charge on any atom is -0.497 e. The molecule has 0 aromatic heterocycles. The number of carbonyl (C=O) groups excluding carboxylic acids is 2. The van der Waals surface area contributed by atoms with Gasteiger partial charge in [0, 0.05) is 12.1 Å². The highest BCUT2D eigenvalue weighted by atomic mass is 32.2. The maximum atomic E-state index is 13.2. The van der Waals surface area contributed by atoms with Gasteiger partial charge in [-0.3, -0.25) is 14.5 Å². The fraction of sp³-hybridized carbons (Fsp3) is 0.125. The molecule has 4 rings (SSSR count). The van der Waals surface area contributed by atoms with Crippen molar-refractivity contribution in [3.8, 4) is 5.75 Å². The van der Waals surface area contributed by atoms with E-state index < -0.39 is 32.9 Å². The number of hydrogen-bond donors (Lipinski definition) is 1. The van der Waals surface area contributed by atoms with E-state index >= 15 is 0 Å². The number of nitrogens with one attached hydrogen (secondary N) is 1. The molecule has 0 aliphatic carbocycles. The van der Waals surface area contributed by atoms with Crippen LogP contribution in [0, 0.1) is 5.82 Å². The van der Waals surface area contributed by atoms with Crippen molar-refractivity contribution < 1.29 is 27.1 Å². The van der Waals surface area contributed by atoms with Gasteiger partial charge in [-0.1, -0.05) is 30.0 Å². The molecule has 3 aromatic rings. The summed E-state index contributed by atoms with van der Waals surface area (Å²) in [4.78, 5) is 26.8. The van der Waals surface area contributed by atoms with Gasteiger partial charge in [0.1, 0.15) is 16.8 Å².